The molecule has 2 aromatic heterocycles. The number of thiophene rings is 1. The van der Waals surface area contributed by atoms with E-state index in [1.807, 2.05) is 6.07 Å². The minimum atomic E-state index is -0.420. The molecule has 3 aromatic rings. The highest BCUT2D eigenvalue weighted by molar-refractivity contribution is 7.20. The summed E-state index contributed by atoms with van der Waals surface area (Å²) in [5, 5.41) is 9.98. The lowest BCUT2D eigenvalue weighted by molar-refractivity contribution is 0.0532. The van der Waals surface area contributed by atoms with Crippen LogP contribution in [0.25, 0.3) is 21.5 Å². The Morgan fingerprint density at radius 3 is 2.88 bits per heavy atom. The zero-order valence-electron chi connectivity index (χ0n) is 12.5. The second-order valence-electron chi connectivity index (χ2n) is 4.79. The maximum atomic E-state index is 11.9. The first-order valence-corrected chi connectivity index (χ1v) is 8.17. The van der Waals surface area contributed by atoms with Crippen LogP contribution in [0.3, 0.4) is 0 Å². The monoisotopic (exact) mass is 358 g/mol. The molecule has 24 heavy (non-hydrogen) atoms. The molecule has 0 fully saturated rings. The van der Waals surface area contributed by atoms with Gasteiger partial charge in [0, 0.05) is 10.9 Å². The number of nitrogen functional groups attached to an aromatic ring is 1. The number of nitrogens with two attached hydrogens (primary N) is 1. The Bertz CT molecular complexity index is 994. The zero-order valence-corrected chi connectivity index (χ0v) is 14.1. The lowest BCUT2D eigenvalue weighted by Gasteiger charge is -2.06. The minimum absolute atomic E-state index is 0.0789. The summed E-state index contributed by atoms with van der Waals surface area (Å²) in [4.78, 5) is 21.4. The molecule has 0 amide bonds. The molecule has 2 heterocycles. The molecule has 0 atom stereocenters. The Balaban J connectivity index is 2.21. The van der Waals surface area contributed by atoms with Crippen LogP contribution in [-0.2, 0) is 4.74 Å². The third-order valence-corrected chi connectivity index (χ3v) is 4.56. The van der Waals surface area contributed by atoms with Gasteiger partial charge in [-0.15, -0.1) is 11.3 Å². The van der Waals surface area contributed by atoms with Crippen molar-refractivity contribution in [2.75, 3.05) is 12.3 Å². The van der Waals surface area contributed by atoms with Gasteiger partial charge in [-0.1, -0.05) is 11.6 Å². The van der Waals surface area contributed by atoms with Crippen LogP contribution in [0.15, 0.2) is 24.3 Å². The maximum Gasteiger partial charge on any atom is 0.348 e. The van der Waals surface area contributed by atoms with Gasteiger partial charge < -0.3 is 10.5 Å². The highest BCUT2D eigenvalue weighted by Gasteiger charge is 2.18. The van der Waals surface area contributed by atoms with E-state index in [0.717, 1.165) is 0 Å². The molecule has 1 aromatic carbocycles. The van der Waals surface area contributed by atoms with Gasteiger partial charge in [-0.05, 0) is 31.2 Å². The van der Waals surface area contributed by atoms with Crippen molar-refractivity contribution in [2.45, 2.75) is 6.92 Å². The molecule has 3 rings (SSSR count). The molecule has 6 nitrogen and oxygen atoms in total. The number of nitrogens with zero attached hydrogens (tertiary/aromatic N) is 3. The van der Waals surface area contributed by atoms with E-state index in [2.05, 4.69) is 9.97 Å². The van der Waals surface area contributed by atoms with Crippen LogP contribution in [0.4, 0.5) is 5.95 Å². The molecule has 120 valence electrons. The van der Waals surface area contributed by atoms with Crippen molar-refractivity contribution in [3.8, 4) is 17.3 Å². The van der Waals surface area contributed by atoms with E-state index in [-0.39, 0.29) is 12.6 Å². The maximum absolute atomic E-state index is 11.9. The number of aromatic nitrogens is 2. The fourth-order valence-corrected chi connectivity index (χ4v) is 3.42. The van der Waals surface area contributed by atoms with Crippen molar-refractivity contribution in [2.24, 2.45) is 0 Å². The third kappa shape index (κ3) is 2.89. The average Bonchev–Trinajstić information content (AvgIpc) is 2.98. The summed E-state index contributed by atoms with van der Waals surface area (Å²) in [6.07, 6.45) is 0. The Kier molecular flexibility index (Phi) is 4.34. The standard InChI is InChI=1S/C16H11ClN4O2S/c1-2-23-15(22)12-6-10-13(20-16(19)21-14(10)24-12)9-4-3-8(7-18)5-11(9)17/h3-6H,2H2,1H3,(H2,19,20,21). The zero-order chi connectivity index (χ0) is 17.3. The topological polar surface area (TPSA) is 102 Å². The number of esters is 1. The molecule has 8 heteroatoms. The van der Waals surface area contributed by atoms with Crippen LogP contribution in [0.2, 0.25) is 5.02 Å². The Morgan fingerprint density at radius 2 is 2.21 bits per heavy atom. The molecule has 0 bridgehead atoms. The van der Waals surface area contributed by atoms with Crippen LogP contribution in [0.1, 0.15) is 22.2 Å². The van der Waals surface area contributed by atoms with E-state index in [4.69, 9.17) is 27.3 Å². The largest absolute Gasteiger partial charge is 0.462 e. The van der Waals surface area contributed by atoms with E-state index in [9.17, 15) is 4.79 Å². The number of hydrogen-bond donors (Lipinski definition) is 1. The van der Waals surface area contributed by atoms with E-state index < -0.39 is 5.97 Å². The molecule has 0 unspecified atom stereocenters. The third-order valence-electron chi connectivity index (χ3n) is 3.24. The number of hydrogen-bond acceptors (Lipinski definition) is 7. The van der Waals surface area contributed by atoms with Gasteiger partial charge in [0.25, 0.3) is 0 Å². The second kappa shape index (κ2) is 6.43. The molecule has 0 aliphatic carbocycles. The first-order chi connectivity index (χ1) is 11.5. The number of fused-ring (bicyclic) bond motifs is 1. The van der Waals surface area contributed by atoms with Gasteiger partial charge in [-0.25, -0.2) is 14.8 Å². The van der Waals surface area contributed by atoms with Crippen LogP contribution >= 0.6 is 22.9 Å². The van der Waals surface area contributed by atoms with Crippen molar-refractivity contribution in [1.82, 2.24) is 9.97 Å². The number of nitriles is 1. The van der Waals surface area contributed by atoms with Crippen LogP contribution < -0.4 is 5.73 Å². The molecule has 0 aliphatic heterocycles. The summed E-state index contributed by atoms with van der Waals surface area (Å²) in [6.45, 7) is 2.03. The molecular formula is C16H11ClN4O2S. The quantitative estimate of drug-likeness (QED) is 0.717. The molecular weight excluding hydrogens is 348 g/mol. The first kappa shape index (κ1) is 16.2. The van der Waals surface area contributed by atoms with Gasteiger partial charge in [0.05, 0.1) is 29.0 Å². The van der Waals surface area contributed by atoms with E-state index in [1.165, 1.54) is 11.3 Å². The van der Waals surface area contributed by atoms with Crippen molar-refractivity contribution in [1.29, 1.82) is 5.26 Å². The molecule has 2 N–H and O–H groups in total. The van der Waals surface area contributed by atoms with Gasteiger partial charge in [-0.2, -0.15) is 5.26 Å². The van der Waals surface area contributed by atoms with E-state index >= 15 is 0 Å². The summed E-state index contributed by atoms with van der Waals surface area (Å²) >= 11 is 7.45. The van der Waals surface area contributed by atoms with Crippen molar-refractivity contribution < 1.29 is 9.53 Å². The van der Waals surface area contributed by atoms with Crippen molar-refractivity contribution in [3.05, 3.63) is 39.7 Å². The summed E-state index contributed by atoms with van der Waals surface area (Å²) in [5.41, 5.74) is 7.36. The summed E-state index contributed by atoms with van der Waals surface area (Å²) in [5.74, 6) is -0.342. The molecule has 0 aliphatic rings. The fraction of sp³-hybridized carbons (Fsp3) is 0.125. The predicted octanol–water partition coefficient (Wildman–Crippen LogP) is 3.64. The summed E-state index contributed by atoms with van der Waals surface area (Å²) < 4.78 is 5.02. The summed E-state index contributed by atoms with van der Waals surface area (Å²) in [7, 11) is 0. The fourth-order valence-electron chi connectivity index (χ4n) is 2.22. The number of ether oxygens (including phenoxy) is 1. The number of carbonyl (C=O) groups is 1. The molecule has 0 saturated carbocycles. The van der Waals surface area contributed by atoms with Crippen molar-refractivity contribution >= 4 is 45.1 Å². The Hall–Kier alpha value is -2.69. The summed E-state index contributed by atoms with van der Waals surface area (Å²) in [6, 6.07) is 8.59. The van der Waals surface area contributed by atoms with Crippen molar-refractivity contribution in [3.63, 3.8) is 0 Å². The smallest absolute Gasteiger partial charge is 0.348 e. The minimum Gasteiger partial charge on any atom is -0.462 e. The average molecular weight is 359 g/mol. The van der Waals surface area contributed by atoms with E-state index in [0.29, 0.717) is 36.9 Å². The highest BCUT2D eigenvalue weighted by atomic mass is 35.5. The number of carbonyl (C=O) groups excluding carboxylic acids is 1. The number of halogens is 1. The molecule has 0 radical (unpaired) electrons. The van der Waals surface area contributed by atoms with Crippen LogP contribution in [-0.4, -0.2) is 22.5 Å². The second-order valence-corrected chi connectivity index (χ2v) is 6.22. The Morgan fingerprint density at radius 1 is 1.42 bits per heavy atom. The first-order valence-electron chi connectivity index (χ1n) is 6.97. The number of rotatable bonds is 3. The van der Waals surface area contributed by atoms with Crippen LogP contribution in [0, 0.1) is 11.3 Å². The van der Waals surface area contributed by atoms with Gasteiger partial charge in [0.15, 0.2) is 0 Å². The highest BCUT2D eigenvalue weighted by Crippen LogP contribution is 2.36. The number of benzene rings is 1. The van der Waals surface area contributed by atoms with Gasteiger partial charge in [0.2, 0.25) is 5.95 Å². The SMILES string of the molecule is CCOC(=O)c1cc2c(-c3ccc(C#N)cc3Cl)nc(N)nc2s1. The van der Waals surface area contributed by atoms with Gasteiger partial charge in [0.1, 0.15) is 9.71 Å². The number of anilines is 1. The lowest BCUT2D eigenvalue weighted by atomic mass is 10.1. The molecule has 0 saturated heterocycles. The normalized spacial score (nSPS) is 10.5. The Labute approximate surface area is 146 Å². The predicted molar refractivity (Wildman–Crippen MR) is 92.9 cm³/mol. The molecule has 0 spiro atoms. The van der Waals surface area contributed by atoms with Gasteiger partial charge in [-0.3, -0.25) is 0 Å². The lowest BCUT2D eigenvalue weighted by Crippen LogP contribution is -2.01. The van der Waals surface area contributed by atoms with Gasteiger partial charge >= 0.3 is 5.97 Å². The van der Waals surface area contributed by atoms with E-state index in [1.54, 1.807) is 31.2 Å². The van der Waals surface area contributed by atoms with Crippen LogP contribution in [0.5, 0.6) is 0 Å².